The van der Waals surface area contributed by atoms with Gasteiger partial charge in [-0.2, -0.15) is 0 Å². The zero-order valence-electron chi connectivity index (χ0n) is 13.9. The number of hydrogen-bond donors (Lipinski definition) is 1. The zero-order valence-corrected chi connectivity index (χ0v) is 13.9. The van der Waals surface area contributed by atoms with Crippen molar-refractivity contribution in [2.45, 2.75) is 20.4 Å². The Morgan fingerprint density at radius 1 is 1.04 bits per heavy atom. The number of ether oxygens (including phenoxy) is 1. The van der Waals surface area contributed by atoms with Gasteiger partial charge in [-0.05, 0) is 31.5 Å². The van der Waals surface area contributed by atoms with E-state index >= 15 is 0 Å². The number of pyridine rings is 1. The number of fused-ring (bicyclic) bond motifs is 1. The van der Waals surface area contributed by atoms with Crippen molar-refractivity contribution in [3.05, 3.63) is 71.4 Å². The Labute approximate surface area is 141 Å². The Morgan fingerprint density at radius 3 is 2.62 bits per heavy atom. The summed E-state index contributed by atoms with van der Waals surface area (Å²) in [7, 11) is 0. The van der Waals surface area contributed by atoms with Crippen molar-refractivity contribution >= 4 is 16.8 Å². The number of carbonyl (C=O) groups excluding carboxylic acids is 1. The molecule has 4 heteroatoms. The number of nitrogens with zero attached hydrogens (tertiary/aromatic N) is 1. The lowest BCUT2D eigenvalue weighted by atomic mass is 10.1. The lowest BCUT2D eigenvalue weighted by molar-refractivity contribution is -0.123. The normalized spacial score (nSPS) is 10.6. The molecule has 0 saturated carbocycles. The van der Waals surface area contributed by atoms with Gasteiger partial charge in [0, 0.05) is 17.6 Å². The van der Waals surface area contributed by atoms with Crippen LogP contribution in [0.1, 0.15) is 16.8 Å². The van der Waals surface area contributed by atoms with Crippen LogP contribution >= 0.6 is 0 Å². The van der Waals surface area contributed by atoms with Gasteiger partial charge in [0.25, 0.3) is 5.91 Å². The van der Waals surface area contributed by atoms with Gasteiger partial charge < -0.3 is 10.1 Å². The SMILES string of the molecule is Cc1ccc(CNC(=O)COc2cccc3ccc(C)nc23)cc1. The smallest absolute Gasteiger partial charge is 0.258 e. The van der Waals surface area contributed by atoms with Crippen LogP contribution in [0.5, 0.6) is 5.75 Å². The number of nitrogens with one attached hydrogen (secondary N) is 1. The summed E-state index contributed by atoms with van der Waals surface area (Å²) >= 11 is 0. The number of carbonyl (C=O) groups is 1. The van der Waals surface area contributed by atoms with Crippen molar-refractivity contribution < 1.29 is 9.53 Å². The number of para-hydroxylation sites is 1. The summed E-state index contributed by atoms with van der Waals surface area (Å²) in [5.74, 6) is 0.474. The van der Waals surface area contributed by atoms with Crippen LogP contribution in [-0.2, 0) is 11.3 Å². The first-order chi connectivity index (χ1) is 11.6. The molecule has 0 aliphatic rings. The lowest BCUT2D eigenvalue weighted by Crippen LogP contribution is -2.28. The summed E-state index contributed by atoms with van der Waals surface area (Å²) in [6, 6.07) is 17.8. The maximum Gasteiger partial charge on any atom is 0.258 e. The van der Waals surface area contributed by atoms with E-state index in [1.807, 2.05) is 68.4 Å². The molecule has 3 aromatic rings. The minimum Gasteiger partial charge on any atom is -0.481 e. The van der Waals surface area contributed by atoms with E-state index < -0.39 is 0 Å². The molecule has 122 valence electrons. The van der Waals surface area contributed by atoms with E-state index in [4.69, 9.17) is 4.74 Å². The average Bonchev–Trinajstić information content (AvgIpc) is 2.59. The van der Waals surface area contributed by atoms with Gasteiger partial charge in [-0.3, -0.25) is 4.79 Å². The van der Waals surface area contributed by atoms with Gasteiger partial charge in [-0.15, -0.1) is 0 Å². The van der Waals surface area contributed by atoms with E-state index in [1.54, 1.807) is 0 Å². The minimum atomic E-state index is -0.153. The minimum absolute atomic E-state index is 0.0272. The van der Waals surface area contributed by atoms with Crippen LogP contribution in [0.2, 0.25) is 0 Å². The molecule has 0 unspecified atom stereocenters. The van der Waals surface area contributed by atoms with Crippen LogP contribution in [0.25, 0.3) is 10.9 Å². The molecule has 3 rings (SSSR count). The van der Waals surface area contributed by atoms with Gasteiger partial charge >= 0.3 is 0 Å². The van der Waals surface area contributed by atoms with Crippen LogP contribution in [-0.4, -0.2) is 17.5 Å². The number of benzene rings is 2. The second kappa shape index (κ2) is 7.13. The lowest BCUT2D eigenvalue weighted by Gasteiger charge is -2.10. The van der Waals surface area contributed by atoms with Crippen LogP contribution in [0.15, 0.2) is 54.6 Å². The molecule has 1 heterocycles. The molecule has 1 N–H and O–H groups in total. The van der Waals surface area contributed by atoms with Gasteiger partial charge in [-0.25, -0.2) is 4.98 Å². The van der Waals surface area contributed by atoms with Gasteiger partial charge in [-0.1, -0.05) is 48.0 Å². The highest BCUT2D eigenvalue weighted by Gasteiger charge is 2.07. The Kier molecular flexibility index (Phi) is 4.75. The topological polar surface area (TPSA) is 51.2 Å². The standard InChI is InChI=1S/C20H20N2O2/c1-14-6-9-16(10-7-14)12-21-19(23)13-24-18-5-3-4-17-11-8-15(2)22-20(17)18/h3-11H,12-13H2,1-2H3,(H,21,23). The molecule has 0 saturated heterocycles. The van der Waals surface area contributed by atoms with Crippen molar-refractivity contribution in [3.63, 3.8) is 0 Å². The van der Waals surface area contributed by atoms with Gasteiger partial charge in [0.2, 0.25) is 0 Å². The van der Waals surface area contributed by atoms with Gasteiger partial charge in [0.15, 0.2) is 6.61 Å². The van der Waals surface area contributed by atoms with Crippen molar-refractivity contribution in [1.82, 2.24) is 10.3 Å². The van der Waals surface area contributed by atoms with E-state index in [-0.39, 0.29) is 12.5 Å². The van der Waals surface area contributed by atoms with E-state index in [0.29, 0.717) is 12.3 Å². The first kappa shape index (κ1) is 16.0. The quantitative estimate of drug-likeness (QED) is 0.782. The summed E-state index contributed by atoms with van der Waals surface area (Å²) in [4.78, 5) is 16.5. The molecule has 0 atom stereocenters. The van der Waals surface area contributed by atoms with E-state index in [0.717, 1.165) is 22.2 Å². The van der Waals surface area contributed by atoms with E-state index in [9.17, 15) is 4.79 Å². The summed E-state index contributed by atoms with van der Waals surface area (Å²) in [6.07, 6.45) is 0. The fraction of sp³-hybridized carbons (Fsp3) is 0.200. The summed E-state index contributed by atoms with van der Waals surface area (Å²) < 4.78 is 5.67. The van der Waals surface area contributed by atoms with E-state index in [2.05, 4.69) is 10.3 Å². The Bertz CT molecular complexity index is 857. The number of aryl methyl sites for hydroxylation is 2. The molecular weight excluding hydrogens is 300 g/mol. The first-order valence-corrected chi connectivity index (χ1v) is 7.93. The largest absolute Gasteiger partial charge is 0.481 e. The van der Waals surface area contributed by atoms with Crippen molar-refractivity contribution in [2.75, 3.05) is 6.61 Å². The van der Waals surface area contributed by atoms with Crippen molar-refractivity contribution in [3.8, 4) is 5.75 Å². The fourth-order valence-electron chi connectivity index (χ4n) is 2.43. The van der Waals surface area contributed by atoms with Crippen molar-refractivity contribution in [2.24, 2.45) is 0 Å². The summed E-state index contributed by atoms with van der Waals surface area (Å²) in [5, 5.41) is 3.86. The maximum absolute atomic E-state index is 12.0. The predicted octanol–water partition coefficient (Wildman–Crippen LogP) is 3.55. The molecule has 1 amide bonds. The molecule has 0 aliphatic carbocycles. The predicted molar refractivity (Wildman–Crippen MR) is 95.0 cm³/mol. The fourth-order valence-corrected chi connectivity index (χ4v) is 2.43. The molecule has 2 aromatic carbocycles. The van der Waals surface area contributed by atoms with Gasteiger partial charge in [0.1, 0.15) is 11.3 Å². The number of amides is 1. The van der Waals surface area contributed by atoms with Crippen LogP contribution < -0.4 is 10.1 Å². The molecule has 0 fully saturated rings. The molecular formula is C20H20N2O2. The summed E-state index contributed by atoms with van der Waals surface area (Å²) in [6.45, 7) is 4.44. The number of rotatable bonds is 5. The monoisotopic (exact) mass is 320 g/mol. The highest BCUT2D eigenvalue weighted by molar-refractivity contribution is 5.85. The highest BCUT2D eigenvalue weighted by Crippen LogP contribution is 2.23. The van der Waals surface area contributed by atoms with Gasteiger partial charge in [0.05, 0.1) is 0 Å². The van der Waals surface area contributed by atoms with E-state index in [1.165, 1.54) is 5.56 Å². The average molecular weight is 320 g/mol. The molecule has 1 aromatic heterocycles. The highest BCUT2D eigenvalue weighted by atomic mass is 16.5. The molecule has 0 aliphatic heterocycles. The van der Waals surface area contributed by atoms with Crippen LogP contribution in [0.3, 0.4) is 0 Å². The number of hydrogen-bond acceptors (Lipinski definition) is 3. The molecule has 0 spiro atoms. The van der Waals surface area contributed by atoms with Crippen LogP contribution in [0.4, 0.5) is 0 Å². The van der Waals surface area contributed by atoms with Crippen molar-refractivity contribution in [1.29, 1.82) is 0 Å². The Morgan fingerprint density at radius 2 is 1.83 bits per heavy atom. The second-order valence-electron chi connectivity index (χ2n) is 5.83. The third kappa shape index (κ3) is 3.90. The molecule has 0 radical (unpaired) electrons. The molecule has 24 heavy (non-hydrogen) atoms. The first-order valence-electron chi connectivity index (χ1n) is 7.93. The molecule has 0 bridgehead atoms. The Balaban J connectivity index is 1.60. The van der Waals surface area contributed by atoms with Crippen LogP contribution in [0, 0.1) is 13.8 Å². The third-order valence-electron chi connectivity index (χ3n) is 3.79. The molecule has 4 nitrogen and oxygen atoms in total. The number of aromatic nitrogens is 1. The third-order valence-corrected chi connectivity index (χ3v) is 3.79. The summed E-state index contributed by atoms with van der Waals surface area (Å²) in [5.41, 5.74) is 3.97. The Hall–Kier alpha value is -2.88. The maximum atomic E-state index is 12.0. The second-order valence-corrected chi connectivity index (χ2v) is 5.83. The zero-order chi connectivity index (χ0) is 16.9.